The van der Waals surface area contributed by atoms with Crippen molar-refractivity contribution in [3.8, 4) is 0 Å². The highest BCUT2D eigenvalue weighted by Crippen LogP contribution is 2.21. The van der Waals surface area contributed by atoms with Gasteiger partial charge in [-0.3, -0.25) is 24.0 Å². The van der Waals surface area contributed by atoms with Gasteiger partial charge < -0.3 is 4.42 Å². The second kappa shape index (κ2) is 6.11. The molecule has 0 fully saturated rings. The number of fused-ring (bicyclic) bond motifs is 2. The molecule has 4 rings (SSSR count). The fourth-order valence-electron chi connectivity index (χ4n) is 2.81. The number of oxazole rings is 1. The van der Waals surface area contributed by atoms with Crippen LogP contribution in [0.5, 0.6) is 0 Å². The summed E-state index contributed by atoms with van der Waals surface area (Å²) in [7, 11) is 2.80. The topological polar surface area (TPSA) is 117 Å². The Morgan fingerprint density at radius 1 is 1.18 bits per heavy atom. The summed E-state index contributed by atoms with van der Waals surface area (Å²) in [6.45, 7) is -0.377. The number of nitrogens with one attached hydrogen (secondary N) is 1. The molecule has 10 nitrogen and oxygen atoms in total. The molecule has 1 N–H and O–H groups in total. The first-order valence-corrected chi connectivity index (χ1v) is 7.93. The maximum Gasteiger partial charge on any atom is 0.331 e. The third-order valence-electron chi connectivity index (χ3n) is 4.23. The van der Waals surface area contributed by atoms with Crippen molar-refractivity contribution in [3.05, 3.63) is 50.8 Å². The first-order chi connectivity index (χ1) is 13.3. The molecule has 3 heterocycles. The average molecular weight is 390 g/mol. The third kappa shape index (κ3) is 2.66. The monoisotopic (exact) mass is 390 g/mol. The number of hydrogen-bond donors (Lipinski definition) is 1. The van der Waals surface area contributed by atoms with Gasteiger partial charge in [0.1, 0.15) is 12.1 Å². The van der Waals surface area contributed by atoms with E-state index in [0.717, 1.165) is 21.4 Å². The van der Waals surface area contributed by atoms with E-state index in [2.05, 4.69) is 15.4 Å². The molecule has 0 unspecified atom stereocenters. The molecule has 3 aromatic heterocycles. The maximum atomic E-state index is 13.2. The standard InChI is InChI=1S/C16H12F2N6O4/c1-22-10-5-19-24(13(10)14(26)23(2)16(22)27)6-12(25)21-15-20-9-3-7(17)8(18)4-11(9)28-15/h3-5H,6H2,1-2H3,(H,20,21,25). The van der Waals surface area contributed by atoms with E-state index in [4.69, 9.17) is 4.42 Å². The molecule has 1 amide bonds. The first-order valence-electron chi connectivity index (χ1n) is 7.93. The lowest BCUT2D eigenvalue weighted by atomic mass is 10.3. The van der Waals surface area contributed by atoms with Crippen molar-refractivity contribution in [3.63, 3.8) is 0 Å². The predicted octanol–water partition coefficient (Wildman–Crippen LogP) is 0.492. The Labute approximate surface area is 153 Å². The third-order valence-corrected chi connectivity index (χ3v) is 4.23. The Bertz CT molecular complexity index is 1340. The number of rotatable bonds is 3. The minimum Gasteiger partial charge on any atom is -0.423 e. The molecule has 28 heavy (non-hydrogen) atoms. The molecule has 4 aromatic rings. The molecule has 0 aliphatic heterocycles. The van der Waals surface area contributed by atoms with E-state index in [9.17, 15) is 23.2 Å². The largest absolute Gasteiger partial charge is 0.423 e. The first kappa shape index (κ1) is 17.6. The summed E-state index contributed by atoms with van der Waals surface area (Å²) in [5.74, 6) is -2.84. The summed E-state index contributed by atoms with van der Waals surface area (Å²) in [6.07, 6.45) is 1.30. The van der Waals surface area contributed by atoms with E-state index in [1.165, 1.54) is 24.9 Å². The van der Waals surface area contributed by atoms with Crippen LogP contribution in [0, 0.1) is 11.6 Å². The van der Waals surface area contributed by atoms with Gasteiger partial charge in [0.2, 0.25) is 5.91 Å². The van der Waals surface area contributed by atoms with Crippen LogP contribution in [0.4, 0.5) is 14.8 Å². The number of hydrogen-bond acceptors (Lipinski definition) is 6. The van der Waals surface area contributed by atoms with Gasteiger partial charge in [-0.1, -0.05) is 0 Å². The van der Waals surface area contributed by atoms with Crippen molar-refractivity contribution < 1.29 is 18.0 Å². The van der Waals surface area contributed by atoms with Crippen molar-refractivity contribution in [2.45, 2.75) is 6.54 Å². The summed E-state index contributed by atoms with van der Waals surface area (Å²) < 4.78 is 34.9. The zero-order valence-corrected chi connectivity index (χ0v) is 14.6. The number of amides is 1. The molecule has 1 aromatic carbocycles. The number of benzene rings is 1. The van der Waals surface area contributed by atoms with Crippen LogP contribution < -0.4 is 16.6 Å². The molecule has 0 atom stereocenters. The van der Waals surface area contributed by atoms with Crippen LogP contribution in [0.1, 0.15) is 0 Å². The Hall–Kier alpha value is -3.83. The summed E-state index contributed by atoms with van der Waals surface area (Å²) >= 11 is 0. The number of anilines is 1. The Morgan fingerprint density at radius 3 is 2.64 bits per heavy atom. The Kier molecular flexibility index (Phi) is 3.84. The second-order valence-corrected chi connectivity index (χ2v) is 6.04. The highest BCUT2D eigenvalue weighted by Gasteiger charge is 2.17. The number of halogens is 2. The van der Waals surface area contributed by atoms with Crippen molar-refractivity contribution in [2.24, 2.45) is 14.1 Å². The van der Waals surface area contributed by atoms with Crippen LogP contribution >= 0.6 is 0 Å². The summed E-state index contributed by atoms with van der Waals surface area (Å²) in [4.78, 5) is 40.4. The molecule has 12 heteroatoms. The zero-order chi connectivity index (χ0) is 20.2. The van der Waals surface area contributed by atoms with Gasteiger partial charge in [-0.25, -0.2) is 18.3 Å². The molecular weight excluding hydrogens is 378 g/mol. The van der Waals surface area contributed by atoms with Gasteiger partial charge in [-0.05, 0) is 0 Å². The minimum atomic E-state index is -1.11. The lowest BCUT2D eigenvalue weighted by Crippen LogP contribution is -2.37. The normalized spacial score (nSPS) is 11.4. The SMILES string of the molecule is Cn1c(=O)c2c(cnn2CC(=O)Nc2nc3cc(F)c(F)cc3o2)n(C)c1=O. The van der Waals surface area contributed by atoms with Gasteiger partial charge in [0.05, 0.1) is 11.7 Å². The average Bonchev–Trinajstić information content (AvgIpc) is 3.22. The van der Waals surface area contributed by atoms with Gasteiger partial charge in [-0.2, -0.15) is 10.1 Å². The maximum absolute atomic E-state index is 13.2. The zero-order valence-electron chi connectivity index (χ0n) is 14.6. The molecule has 144 valence electrons. The van der Waals surface area contributed by atoms with E-state index in [0.29, 0.717) is 0 Å². The number of carbonyl (C=O) groups is 1. The van der Waals surface area contributed by atoms with E-state index >= 15 is 0 Å². The van der Waals surface area contributed by atoms with Gasteiger partial charge in [0, 0.05) is 26.2 Å². The lowest BCUT2D eigenvalue weighted by Gasteiger charge is -2.06. The molecule has 0 aliphatic rings. The molecule has 0 spiro atoms. The summed E-state index contributed by atoms with van der Waals surface area (Å²) in [5, 5.41) is 6.31. The Morgan fingerprint density at radius 2 is 1.89 bits per heavy atom. The Balaban J connectivity index is 1.64. The highest BCUT2D eigenvalue weighted by atomic mass is 19.2. The number of aromatic nitrogens is 5. The van der Waals surface area contributed by atoms with Gasteiger partial charge in [0.25, 0.3) is 5.56 Å². The van der Waals surface area contributed by atoms with Gasteiger partial charge in [-0.15, -0.1) is 0 Å². The van der Waals surface area contributed by atoms with Crippen LogP contribution in [0.25, 0.3) is 22.1 Å². The molecule has 0 aliphatic carbocycles. The van der Waals surface area contributed by atoms with Crippen LogP contribution in [0.15, 0.2) is 32.3 Å². The van der Waals surface area contributed by atoms with Crippen LogP contribution in [0.2, 0.25) is 0 Å². The smallest absolute Gasteiger partial charge is 0.331 e. The quantitative estimate of drug-likeness (QED) is 0.544. The second-order valence-electron chi connectivity index (χ2n) is 6.04. The van der Waals surface area contributed by atoms with E-state index in [-0.39, 0.29) is 34.7 Å². The predicted molar refractivity (Wildman–Crippen MR) is 92.8 cm³/mol. The van der Waals surface area contributed by atoms with Crippen LogP contribution in [-0.2, 0) is 25.4 Å². The van der Waals surface area contributed by atoms with Crippen molar-refractivity contribution in [1.29, 1.82) is 0 Å². The minimum absolute atomic E-state index is 0.0302. The number of nitrogens with zero attached hydrogens (tertiary/aromatic N) is 5. The molecule has 0 saturated heterocycles. The van der Waals surface area contributed by atoms with Gasteiger partial charge in [0.15, 0.2) is 22.7 Å². The van der Waals surface area contributed by atoms with Crippen LogP contribution in [0.3, 0.4) is 0 Å². The number of carbonyl (C=O) groups excluding carboxylic acids is 1. The summed E-state index contributed by atoms with van der Waals surface area (Å²) in [6, 6.07) is 1.40. The highest BCUT2D eigenvalue weighted by molar-refractivity contribution is 5.90. The molecule has 0 bridgehead atoms. The van der Waals surface area contributed by atoms with E-state index in [1.807, 2.05) is 0 Å². The fraction of sp³-hybridized carbons (Fsp3) is 0.188. The van der Waals surface area contributed by atoms with E-state index in [1.54, 1.807) is 0 Å². The number of aryl methyl sites for hydroxylation is 1. The fourth-order valence-corrected chi connectivity index (χ4v) is 2.81. The molecule has 0 radical (unpaired) electrons. The molecular formula is C16H12F2N6O4. The van der Waals surface area contributed by atoms with Crippen molar-refractivity contribution in [2.75, 3.05) is 5.32 Å². The van der Waals surface area contributed by atoms with Crippen molar-refractivity contribution >= 4 is 34.1 Å². The van der Waals surface area contributed by atoms with Crippen LogP contribution in [-0.4, -0.2) is 29.8 Å². The lowest BCUT2D eigenvalue weighted by molar-refractivity contribution is -0.117. The van der Waals surface area contributed by atoms with E-state index < -0.39 is 28.8 Å². The van der Waals surface area contributed by atoms with Crippen molar-refractivity contribution in [1.82, 2.24) is 23.9 Å². The molecule has 0 saturated carbocycles. The summed E-state index contributed by atoms with van der Waals surface area (Å²) in [5.41, 5.74) is -0.788. The van der Waals surface area contributed by atoms with Gasteiger partial charge >= 0.3 is 11.7 Å².